The molecule has 5 heteroatoms. The minimum atomic E-state index is -0.215. The van der Waals surface area contributed by atoms with Crippen molar-refractivity contribution in [1.82, 2.24) is 4.98 Å². The van der Waals surface area contributed by atoms with E-state index in [1.54, 1.807) is 25.3 Å². The average molecular weight is 401 g/mol. The van der Waals surface area contributed by atoms with Crippen LogP contribution in [-0.4, -0.2) is 18.0 Å². The molecular formula is C24H20N2O2S. The number of rotatable bonds is 5. The van der Waals surface area contributed by atoms with Gasteiger partial charge in [0.2, 0.25) is 0 Å². The molecule has 0 aliphatic heterocycles. The summed E-state index contributed by atoms with van der Waals surface area (Å²) in [6.45, 7) is 2.06. The highest BCUT2D eigenvalue weighted by Gasteiger charge is 2.17. The summed E-state index contributed by atoms with van der Waals surface area (Å²) >= 11 is 1.47. The molecule has 1 aromatic heterocycles. The first kappa shape index (κ1) is 18.9. The smallest absolute Gasteiger partial charge is 0.257 e. The maximum atomic E-state index is 12.7. The molecule has 0 saturated carbocycles. The van der Waals surface area contributed by atoms with Crippen molar-refractivity contribution in [3.8, 4) is 27.4 Å². The zero-order chi connectivity index (χ0) is 20.2. The normalized spacial score (nSPS) is 10.6. The van der Waals surface area contributed by atoms with Gasteiger partial charge in [0.25, 0.3) is 5.91 Å². The molecule has 1 heterocycles. The van der Waals surface area contributed by atoms with Crippen LogP contribution in [0.5, 0.6) is 5.75 Å². The lowest BCUT2D eigenvalue weighted by Crippen LogP contribution is -2.11. The summed E-state index contributed by atoms with van der Waals surface area (Å²) in [6, 6.07) is 25.4. The Bertz CT molecular complexity index is 1140. The van der Waals surface area contributed by atoms with E-state index in [1.807, 2.05) is 24.3 Å². The maximum Gasteiger partial charge on any atom is 0.257 e. The molecule has 144 valence electrons. The van der Waals surface area contributed by atoms with E-state index >= 15 is 0 Å². The topological polar surface area (TPSA) is 51.2 Å². The fourth-order valence-electron chi connectivity index (χ4n) is 3.00. The first-order chi connectivity index (χ1) is 14.1. The van der Waals surface area contributed by atoms with Crippen LogP contribution in [0, 0.1) is 6.92 Å². The van der Waals surface area contributed by atoms with Gasteiger partial charge in [-0.3, -0.25) is 10.1 Å². The van der Waals surface area contributed by atoms with Crippen molar-refractivity contribution < 1.29 is 9.53 Å². The summed E-state index contributed by atoms with van der Waals surface area (Å²) < 4.78 is 5.21. The lowest BCUT2D eigenvalue weighted by Gasteiger charge is -2.04. The summed E-state index contributed by atoms with van der Waals surface area (Å²) in [6.07, 6.45) is 0. The fraction of sp³-hybridized carbons (Fsp3) is 0.0833. The van der Waals surface area contributed by atoms with Crippen LogP contribution in [0.1, 0.15) is 15.9 Å². The van der Waals surface area contributed by atoms with Crippen LogP contribution < -0.4 is 10.1 Å². The van der Waals surface area contributed by atoms with Crippen molar-refractivity contribution in [1.29, 1.82) is 0 Å². The van der Waals surface area contributed by atoms with Gasteiger partial charge in [0.15, 0.2) is 5.13 Å². The third-order valence-corrected chi connectivity index (χ3v) is 5.56. The number of amides is 1. The van der Waals surface area contributed by atoms with Gasteiger partial charge < -0.3 is 4.74 Å². The van der Waals surface area contributed by atoms with Gasteiger partial charge in [0, 0.05) is 11.1 Å². The number of carbonyl (C=O) groups excluding carboxylic acids is 1. The second-order valence-corrected chi connectivity index (χ2v) is 7.61. The highest BCUT2D eigenvalue weighted by molar-refractivity contribution is 7.19. The second kappa shape index (κ2) is 8.29. The number of nitrogens with zero attached hydrogens (tertiary/aromatic N) is 1. The molecule has 29 heavy (non-hydrogen) atoms. The molecule has 4 nitrogen and oxygen atoms in total. The Morgan fingerprint density at radius 1 is 0.931 bits per heavy atom. The number of carbonyl (C=O) groups is 1. The molecule has 0 unspecified atom stereocenters. The SMILES string of the molecule is COc1cccc(C(=O)Nc2nc(-c3ccc(C)cc3)c(-c3ccccc3)s2)c1. The second-order valence-electron chi connectivity index (χ2n) is 6.61. The van der Waals surface area contributed by atoms with E-state index in [9.17, 15) is 4.79 Å². The number of aryl methyl sites for hydroxylation is 1. The van der Waals surface area contributed by atoms with Crippen LogP contribution in [0.15, 0.2) is 78.9 Å². The van der Waals surface area contributed by atoms with Crippen molar-refractivity contribution in [2.45, 2.75) is 6.92 Å². The van der Waals surface area contributed by atoms with Gasteiger partial charge in [-0.15, -0.1) is 0 Å². The standard InChI is InChI=1S/C24H20N2O2S/c1-16-11-13-17(14-12-16)21-22(18-7-4-3-5-8-18)29-24(25-21)26-23(27)19-9-6-10-20(15-19)28-2/h3-15H,1-2H3,(H,25,26,27). The lowest BCUT2D eigenvalue weighted by molar-refractivity contribution is 0.102. The number of benzene rings is 3. The summed E-state index contributed by atoms with van der Waals surface area (Å²) in [5, 5.41) is 3.50. The Morgan fingerprint density at radius 3 is 2.41 bits per heavy atom. The number of nitrogens with one attached hydrogen (secondary N) is 1. The van der Waals surface area contributed by atoms with Crippen LogP contribution in [0.4, 0.5) is 5.13 Å². The minimum Gasteiger partial charge on any atom is -0.497 e. The number of ether oxygens (including phenoxy) is 1. The minimum absolute atomic E-state index is 0.215. The predicted octanol–water partition coefficient (Wildman–Crippen LogP) is 6.05. The number of methoxy groups -OCH3 is 1. The molecule has 0 fully saturated rings. The molecular weight excluding hydrogens is 380 g/mol. The van der Waals surface area contributed by atoms with E-state index in [1.165, 1.54) is 16.9 Å². The van der Waals surface area contributed by atoms with Gasteiger partial charge in [-0.05, 0) is 30.7 Å². The van der Waals surface area contributed by atoms with Crippen LogP contribution >= 0.6 is 11.3 Å². The molecule has 0 radical (unpaired) electrons. The molecule has 4 aromatic rings. The number of hydrogen-bond donors (Lipinski definition) is 1. The van der Waals surface area contributed by atoms with Crippen molar-refractivity contribution in [3.63, 3.8) is 0 Å². The number of aromatic nitrogens is 1. The Balaban J connectivity index is 1.71. The first-order valence-corrected chi connectivity index (χ1v) is 10.0. The molecule has 1 amide bonds. The third kappa shape index (κ3) is 4.20. The molecule has 0 bridgehead atoms. The largest absolute Gasteiger partial charge is 0.497 e. The monoisotopic (exact) mass is 400 g/mol. The molecule has 4 rings (SSSR count). The van der Waals surface area contributed by atoms with Crippen LogP contribution in [0.3, 0.4) is 0 Å². The van der Waals surface area contributed by atoms with E-state index in [4.69, 9.17) is 9.72 Å². The number of hydrogen-bond acceptors (Lipinski definition) is 4. The Kier molecular flexibility index (Phi) is 5.40. The van der Waals surface area contributed by atoms with E-state index in [0.717, 1.165) is 21.7 Å². The highest BCUT2D eigenvalue weighted by Crippen LogP contribution is 2.39. The van der Waals surface area contributed by atoms with Crippen LogP contribution in [0.25, 0.3) is 21.7 Å². The van der Waals surface area contributed by atoms with Crippen LogP contribution in [0.2, 0.25) is 0 Å². The van der Waals surface area contributed by atoms with Gasteiger partial charge in [0.1, 0.15) is 5.75 Å². The zero-order valence-corrected chi connectivity index (χ0v) is 17.0. The van der Waals surface area contributed by atoms with E-state index in [2.05, 4.69) is 48.6 Å². The summed E-state index contributed by atoms with van der Waals surface area (Å²) in [4.78, 5) is 18.5. The lowest BCUT2D eigenvalue weighted by atomic mass is 10.1. The van der Waals surface area contributed by atoms with Crippen molar-refractivity contribution in [2.24, 2.45) is 0 Å². The molecule has 1 N–H and O–H groups in total. The zero-order valence-electron chi connectivity index (χ0n) is 16.2. The molecule has 0 spiro atoms. The maximum absolute atomic E-state index is 12.7. The Labute approximate surface area is 173 Å². The summed E-state index contributed by atoms with van der Waals surface area (Å²) in [5.41, 5.74) is 4.67. The summed E-state index contributed by atoms with van der Waals surface area (Å²) in [7, 11) is 1.58. The highest BCUT2D eigenvalue weighted by atomic mass is 32.1. The van der Waals surface area contributed by atoms with Crippen molar-refractivity contribution in [2.75, 3.05) is 12.4 Å². The number of thiazole rings is 1. The molecule has 0 atom stereocenters. The van der Waals surface area contributed by atoms with Gasteiger partial charge in [-0.2, -0.15) is 0 Å². The van der Waals surface area contributed by atoms with E-state index in [-0.39, 0.29) is 5.91 Å². The predicted molar refractivity (Wildman–Crippen MR) is 119 cm³/mol. The van der Waals surface area contributed by atoms with Crippen LogP contribution in [-0.2, 0) is 0 Å². The average Bonchev–Trinajstić information content (AvgIpc) is 3.18. The number of anilines is 1. The molecule has 3 aromatic carbocycles. The van der Waals surface area contributed by atoms with Gasteiger partial charge in [-0.1, -0.05) is 77.6 Å². The first-order valence-electron chi connectivity index (χ1n) is 9.23. The van der Waals surface area contributed by atoms with Crippen molar-refractivity contribution >= 4 is 22.4 Å². The van der Waals surface area contributed by atoms with E-state index < -0.39 is 0 Å². The quantitative estimate of drug-likeness (QED) is 0.444. The Morgan fingerprint density at radius 2 is 1.69 bits per heavy atom. The summed E-state index contributed by atoms with van der Waals surface area (Å²) in [5.74, 6) is 0.426. The van der Waals surface area contributed by atoms with E-state index in [0.29, 0.717) is 16.4 Å². The molecule has 0 saturated heterocycles. The van der Waals surface area contributed by atoms with Gasteiger partial charge in [-0.25, -0.2) is 4.98 Å². The third-order valence-electron chi connectivity index (χ3n) is 4.54. The molecule has 0 aliphatic carbocycles. The molecule has 0 aliphatic rings. The van der Waals surface area contributed by atoms with Crippen molar-refractivity contribution in [3.05, 3.63) is 90.0 Å². The fourth-order valence-corrected chi connectivity index (χ4v) is 3.99. The Hall–Kier alpha value is -3.44. The van der Waals surface area contributed by atoms with Gasteiger partial charge >= 0.3 is 0 Å². The van der Waals surface area contributed by atoms with Gasteiger partial charge in [0.05, 0.1) is 17.7 Å².